The predicted molar refractivity (Wildman–Crippen MR) is 156 cm³/mol. The minimum absolute atomic E-state index is 0.0244. The van der Waals surface area contributed by atoms with E-state index in [0.717, 1.165) is 10.0 Å². The van der Waals surface area contributed by atoms with Crippen LogP contribution in [-0.4, -0.2) is 40.4 Å². The van der Waals surface area contributed by atoms with Crippen LogP contribution in [0.2, 0.25) is 0 Å². The van der Waals surface area contributed by atoms with Crippen LogP contribution in [0.5, 0.6) is 11.5 Å². The fourth-order valence-electron chi connectivity index (χ4n) is 3.93. The number of carbonyl (C=O) groups excluding carboxylic acids is 1. The highest BCUT2D eigenvalue weighted by Gasteiger charge is 2.23. The maximum Gasteiger partial charge on any atom is 0.315 e. The van der Waals surface area contributed by atoms with Crippen LogP contribution < -0.4 is 20.3 Å². The van der Waals surface area contributed by atoms with Crippen molar-refractivity contribution >= 4 is 50.3 Å². The van der Waals surface area contributed by atoms with Crippen LogP contribution in [0.25, 0.3) is 10.9 Å². The number of amides is 1. The van der Waals surface area contributed by atoms with Gasteiger partial charge < -0.3 is 14.8 Å². The highest BCUT2D eigenvalue weighted by Crippen LogP contribution is 2.38. The largest absolute Gasteiger partial charge is 0.493 e. The summed E-state index contributed by atoms with van der Waals surface area (Å²) in [5.74, 6) is -0.383. The standard InChI is InChI=1S/C28H26BrN5O6/c1-16(2)27-32-22-10-9-19(29)13-20(22)28(36)33(27)30-14-18-11-23(34(37)38)26(24(12-18)39-4)40-15-25(35)31-21-8-6-5-7-17(21)3/h5-14,16H,15H2,1-4H3,(H,31,35). The average molecular weight is 608 g/mol. The van der Waals surface area contributed by atoms with Gasteiger partial charge in [0, 0.05) is 27.7 Å². The van der Waals surface area contributed by atoms with Gasteiger partial charge in [-0.25, -0.2) is 4.98 Å². The molecular weight excluding hydrogens is 582 g/mol. The number of aromatic nitrogens is 2. The first-order valence-electron chi connectivity index (χ1n) is 12.2. The molecular formula is C28H26BrN5O6. The molecule has 0 atom stereocenters. The normalized spacial score (nSPS) is 11.2. The molecule has 0 saturated heterocycles. The molecule has 1 aromatic heterocycles. The van der Waals surface area contributed by atoms with Gasteiger partial charge in [0.15, 0.2) is 12.4 Å². The third-order valence-electron chi connectivity index (χ3n) is 5.91. The number of hydrogen-bond donors (Lipinski definition) is 1. The maximum atomic E-state index is 13.3. The van der Waals surface area contributed by atoms with E-state index in [-0.39, 0.29) is 28.5 Å². The molecule has 4 aromatic rings. The first-order valence-corrected chi connectivity index (χ1v) is 13.0. The predicted octanol–water partition coefficient (Wildman–Crippen LogP) is 5.41. The maximum absolute atomic E-state index is 13.3. The van der Waals surface area contributed by atoms with E-state index in [0.29, 0.717) is 22.4 Å². The van der Waals surface area contributed by atoms with Crippen molar-refractivity contribution in [1.29, 1.82) is 0 Å². The number of benzene rings is 3. The van der Waals surface area contributed by atoms with Crippen LogP contribution in [0.15, 0.2) is 69.0 Å². The van der Waals surface area contributed by atoms with E-state index in [9.17, 15) is 19.7 Å². The molecule has 0 aliphatic heterocycles. The lowest BCUT2D eigenvalue weighted by Gasteiger charge is -2.13. The van der Waals surface area contributed by atoms with Crippen LogP contribution in [0, 0.1) is 17.0 Å². The molecule has 0 bridgehead atoms. The second-order valence-electron chi connectivity index (χ2n) is 9.13. The molecule has 0 aliphatic carbocycles. The Hall–Kier alpha value is -4.58. The molecule has 0 radical (unpaired) electrons. The van der Waals surface area contributed by atoms with Gasteiger partial charge in [0.25, 0.3) is 11.5 Å². The summed E-state index contributed by atoms with van der Waals surface area (Å²) in [4.78, 5) is 41.6. The minimum atomic E-state index is -0.644. The number of nitro groups is 1. The van der Waals surface area contributed by atoms with Crippen molar-refractivity contribution in [3.63, 3.8) is 0 Å². The first-order chi connectivity index (χ1) is 19.1. The SMILES string of the molecule is COc1cc(C=Nn2c(C(C)C)nc3ccc(Br)cc3c2=O)cc([N+](=O)[O-])c1OCC(=O)Nc1ccccc1C. The van der Waals surface area contributed by atoms with Gasteiger partial charge in [0.2, 0.25) is 5.75 Å². The van der Waals surface area contributed by atoms with Crippen LogP contribution in [-0.2, 0) is 4.79 Å². The fraction of sp³-hybridized carbons (Fsp3) is 0.214. The molecule has 12 heteroatoms. The summed E-state index contributed by atoms with van der Waals surface area (Å²) >= 11 is 3.37. The van der Waals surface area contributed by atoms with Gasteiger partial charge in [-0.15, -0.1) is 0 Å². The van der Waals surface area contributed by atoms with Crippen LogP contribution in [0.1, 0.15) is 36.7 Å². The van der Waals surface area contributed by atoms with Crippen molar-refractivity contribution in [3.05, 3.63) is 96.5 Å². The summed E-state index contributed by atoms with van der Waals surface area (Å²) in [6.07, 6.45) is 1.31. The zero-order valence-corrected chi connectivity index (χ0v) is 23.8. The monoisotopic (exact) mass is 607 g/mol. The molecule has 206 valence electrons. The van der Waals surface area contributed by atoms with Crippen molar-refractivity contribution < 1.29 is 19.2 Å². The number of methoxy groups -OCH3 is 1. The van der Waals surface area contributed by atoms with Gasteiger partial charge in [0.05, 0.1) is 29.2 Å². The second-order valence-corrected chi connectivity index (χ2v) is 10.0. The van der Waals surface area contributed by atoms with E-state index in [4.69, 9.17) is 9.47 Å². The third kappa shape index (κ3) is 6.18. The van der Waals surface area contributed by atoms with E-state index >= 15 is 0 Å². The molecule has 0 spiro atoms. The summed E-state index contributed by atoms with van der Waals surface area (Å²) in [5.41, 5.74) is 1.46. The number of carbonyl (C=O) groups is 1. The van der Waals surface area contributed by atoms with E-state index in [1.807, 2.05) is 32.9 Å². The number of nitrogens with zero attached hydrogens (tertiary/aromatic N) is 4. The van der Waals surface area contributed by atoms with Gasteiger partial charge in [0.1, 0.15) is 5.82 Å². The Morgan fingerprint density at radius 3 is 2.65 bits per heavy atom. The highest BCUT2D eigenvalue weighted by molar-refractivity contribution is 9.10. The Balaban J connectivity index is 1.67. The zero-order chi connectivity index (χ0) is 29.0. The van der Waals surface area contributed by atoms with E-state index in [1.54, 1.807) is 30.3 Å². The third-order valence-corrected chi connectivity index (χ3v) is 6.41. The molecule has 1 heterocycles. The highest BCUT2D eigenvalue weighted by atomic mass is 79.9. The Bertz CT molecular complexity index is 1700. The number of para-hydroxylation sites is 1. The zero-order valence-electron chi connectivity index (χ0n) is 22.2. The number of rotatable bonds is 9. The molecule has 1 N–H and O–H groups in total. The van der Waals surface area contributed by atoms with Crippen LogP contribution >= 0.6 is 15.9 Å². The smallest absolute Gasteiger partial charge is 0.315 e. The van der Waals surface area contributed by atoms with Crippen molar-refractivity contribution in [3.8, 4) is 11.5 Å². The van der Waals surface area contributed by atoms with E-state index in [1.165, 1.54) is 30.1 Å². The Kier molecular flexibility index (Phi) is 8.58. The number of hydrogen-bond acceptors (Lipinski definition) is 8. The van der Waals surface area contributed by atoms with Gasteiger partial charge in [-0.1, -0.05) is 48.0 Å². The van der Waals surface area contributed by atoms with Crippen molar-refractivity contribution in [2.75, 3.05) is 19.0 Å². The molecule has 0 fully saturated rings. The first kappa shape index (κ1) is 28.4. The molecule has 0 saturated carbocycles. The summed E-state index contributed by atoms with van der Waals surface area (Å²) in [6, 6.07) is 15.1. The minimum Gasteiger partial charge on any atom is -0.493 e. The summed E-state index contributed by atoms with van der Waals surface area (Å²) in [6.45, 7) is 5.13. The summed E-state index contributed by atoms with van der Waals surface area (Å²) < 4.78 is 12.8. The van der Waals surface area contributed by atoms with Crippen LogP contribution in [0.3, 0.4) is 0 Å². The number of ether oxygens (including phenoxy) is 2. The summed E-state index contributed by atoms with van der Waals surface area (Å²) in [5, 5.41) is 19.3. The molecule has 0 unspecified atom stereocenters. The Morgan fingerprint density at radius 1 is 1.23 bits per heavy atom. The lowest BCUT2D eigenvalue weighted by molar-refractivity contribution is -0.385. The quantitative estimate of drug-likeness (QED) is 0.152. The number of aryl methyl sites for hydroxylation is 1. The summed E-state index contributed by atoms with van der Waals surface area (Å²) in [7, 11) is 1.33. The van der Waals surface area contributed by atoms with E-state index in [2.05, 4.69) is 31.3 Å². The topological polar surface area (TPSA) is 138 Å². The second kappa shape index (κ2) is 12.1. The number of halogens is 1. The van der Waals surface area contributed by atoms with Crippen molar-refractivity contribution in [2.45, 2.75) is 26.7 Å². The van der Waals surface area contributed by atoms with E-state index < -0.39 is 23.1 Å². The van der Waals surface area contributed by atoms with Gasteiger partial charge >= 0.3 is 5.69 Å². The molecule has 3 aromatic carbocycles. The van der Waals surface area contributed by atoms with Crippen molar-refractivity contribution in [2.24, 2.45) is 5.10 Å². The van der Waals surface area contributed by atoms with Crippen molar-refractivity contribution in [1.82, 2.24) is 9.66 Å². The lowest BCUT2D eigenvalue weighted by Crippen LogP contribution is -2.23. The number of anilines is 1. The van der Waals surface area contributed by atoms with Gasteiger partial charge in [-0.2, -0.15) is 9.78 Å². The molecule has 40 heavy (non-hydrogen) atoms. The van der Waals surface area contributed by atoms with Gasteiger partial charge in [-0.3, -0.25) is 19.7 Å². The Morgan fingerprint density at radius 2 is 1.98 bits per heavy atom. The molecule has 4 rings (SSSR count). The molecule has 0 aliphatic rings. The lowest BCUT2D eigenvalue weighted by atomic mass is 10.1. The average Bonchev–Trinajstić information content (AvgIpc) is 2.92. The molecule has 11 nitrogen and oxygen atoms in total. The number of fused-ring (bicyclic) bond motifs is 1. The van der Waals surface area contributed by atoms with Gasteiger partial charge in [-0.05, 0) is 42.8 Å². The van der Waals surface area contributed by atoms with Crippen LogP contribution in [0.4, 0.5) is 11.4 Å². The number of nitro benzene ring substituents is 1. The Labute approximate surface area is 237 Å². The molecule has 1 amide bonds. The number of nitrogens with one attached hydrogen (secondary N) is 1. The fourth-order valence-corrected chi connectivity index (χ4v) is 4.29.